The third-order valence-corrected chi connectivity index (χ3v) is 5.58. The standard InChI is InChI=1S/C24H33N3O2/c1-24(2,3)27-14-12-20(13-15-27)25-17-18-6-5-7-21(16-18)26-23(28)19-8-10-22(29-4)11-9-19/h5-11,16,20,25H,12-15,17H2,1-4H3,(H,26,28). The number of methoxy groups -OCH3 is 1. The first-order valence-corrected chi connectivity index (χ1v) is 10.4. The van der Waals surface area contributed by atoms with Crippen molar-refractivity contribution in [2.24, 2.45) is 0 Å². The monoisotopic (exact) mass is 395 g/mol. The summed E-state index contributed by atoms with van der Waals surface area (Å²) < 4.78 is 5.14. The van der Waals surface area contributed by atoms with Gasteiger partial charge in [0, 0.05) is 42.5 Å². The molecular formula is C24H33N3O2. The molecule has 2 aromatic carbocycles. The van der Waals surface area contributed by atoms with Crippen LogP contribution in [0.3, 0.4) is 0 Å². The van der Waals surface area contributed by atoms with Crippen LogP contribution in [0.4, 0.5) is 5.69 Å². The Labute approximate surface area is 174 Å². The van der Waals surface area contributed by atoms with Crippen molar-refractivity contribution in [2.45, 2.75) is 51.7 Å². The van der Waals surface area contributed by atoms with Gasteiger partial charge in [-0.15, -0.1) is 0 Å². The van der Waals surface area contributed by atoms with Crippen LogP contribution >= 0.6 is 0 Å². The summed E-state index contributed by atoms with van der Waals surface area (Å²) in [6.07, 6.45) is 2.34. The molecule has 29 heavy (non-hydrogen) atoms. The summed E-state index contributed by atoms with van der Waals surface area (Å²) in [5.74, 6) is 0.621. The number of nitrogens with zero attached hydrogens (tertiary/aromatic N) is 1. The van der Waals surface area contributed by atoms with E-state index in [1.807, 2.05) is 18.2 Å². The highest BCUT2D eigenvalue weighted by molar-refractivity contribution is 6.04. The SMILES string of the molecule is COc1ccc(C(=O)Nc2cccc(CNC3CCN(C(C)(C)C)CC3)c2)cc1. The number of likely N-dealkylation sites (tertiary alicyclic amines) is 1. The molecule has 0 bridgehead atoms. The fourth-order valence-electron chi connectivity index (χ4n) is 3.72. The van der Waals surface area contributed by atoms with Crippen LogP contribution in [0, 0.1) is 0 Å². The molecule has 0 aliphatic carbocycles. The number of ether oxygens (including phenoxy) is 1. The molecule has 0 spiro atoms. The number of anilines is 1. The Morgan fingerprint density at radius 3 is 2.41 bits per heavy atom. The molecule has 1 fully saturated rings. The molecule has 0 unspecified atom stereocenters. The van der Waals surface area contributed by atoms with Crippen LogP contribution in [0.1, 0.15) is 49.5 Å². The van der Waals surface area contributed by atoms with Crippen LogP contribution in [0.15, 0.2) is 48.5 Å². The average molecular weight is 396 g/mol. The Morgan fingerprint density at radius 2 is 1.79 bits per heavy atom. The molecule has 5 nitrogen and oxygen atoms in total. The smallest absolute Gasteiger partial charge is 0.255 e. The first-order chi connectivity index (χ1) is 13.8. The maximum absolute atomic E-state index is 12.5. The number of carbonyl (C=O) groups excluding carboxylic acids is 1. The Balaban J connectivity index is 1.51. The summed E-state index contributed by atoms with van der Waals surface area (Å²) in [6.45, 7) is 9.94. The molecule has 1 aliphatic heterocycles. The number of piperidine rings is 1. The molecule has 1 saturated heterocycles. The van der Waals surface area contributed by atoms with Gasteiger partial charge in [0.2, 0.25) is 0 Å². The molecule has 1 heterocycles. The van der Waals surface area contributed by atoms with Crippen molar-refractivity contribution in [3.05, 3.63) is 59.7 Å². The van der Waals surface area contributed by atoms with Crippen LogP contribution in [-0.2, 0) is 6.54 Å². The minimum absolute atomic E-state index is 0.118. The quantitative estimate of drug-likeness (QED) is 0.766. The highest BCUT2D eigenvalue weighted by Gasteiger charge is 2.26. The summed E-state index contributed by atoms with van der Waals surface area (Å²) in [5, 5.41) is 6.66. The van der Waals surface area contributed by atoms with Crippen LogP contribution in [-0.4, -0.2) is 42.6 Å². The van der Waals surface area contributed by atoms with E-state index in [2.05, 4.69) is 42.4 Å². The zero-order valence-electron chi connectivity index (χ0n) is 18.0. The number of rotatable bonds is 6. The summed E-state index contributed by atoms with van der Waals surface area (Å²) >= 11 is 0. The molecule has 0 radical (unpaired) electrons. The van der Waals surface area contributed by atoms with Crippen molar-refractivity contribution in [3.8, 4) is 5.75 Å². The molecule has 1 amide bonds. The second-order valence-electron chi connectivity index (χ2n) is 8.70. The number of hydrogen-bond acceptors (Lipinski definition) is 4. The van der Waals surface area contributed by atoms with Crippen LogP contribution in [0.2, 0.25) is 0 Å². The van der Waals surface area contributed by atoms with E-state index in [1.165, 1.54) is 18.4 Å². The predicted octanol–water partition coefficient (Wildman–Crippen LogP) is 4.30. The van der Waals surface area contributed by atoms with E-state index < -0.39 is 0 Å². The van der Waals surface area contributed by atoms with Gasteiger partial charge in [0.15, 0.2) is 0 Å². The second kappa shape index (κ2) is 9.42. The second-order valence-corrected chi connectivity index (χ2v) is 8.70. The third-order valence-electron chi connectivity index (χ3n) is 5.58. The van der Waals surface area contributed by atoms with E-state index >= 15 is 0 Å². The predicted molar refractivity (Wildman–Crippen MR) is 119 cm³/mol. The van der Waals surface area contributed by atoms with Crippen molar-refractivity contribution >= 4 is 11.6 Å². The van der Waals surface area contributed by atoms with Gasteiger partial charge in [-0.2, -0.15) is 0 Å². The first-order valence-electron chi connectivity index (χ1n) is 10.4. The molecule has 2 N–H and O–H groups in total. The molecule has 0 aromatic heterocycles. The summed E-state index contributed by atoms with van der Waals surface area (Å²) in [6, 6.07) is 15.7. The molecule has 3 rings (SSSR count). The lowest BCUT2D eigenvalue weighted by atomic mass is 9.98. The number of benzene rings is 2. The fourth-order valence-corrected chi connectivity index (χ4v) is 3.72. The van der Waals surface area contributed by atoms with E-state index in [4.69, 9.17) is 4.74 Å². The van der Waals surface area contributed by atoms with Gasteiger partial charge in [-0.3, -0.25) is 9.69 Å². The lowest BCUT2D eigenvalue weighted by Crippen LogP contribution is -2.49. The van der Waals surface area contributed by atoms with E-state index in [9.17, 15) is 4.79 Å². The molecule has 0 atom stereocenters. The van der Waals surface area contributed by atoms with Crippen molar-refractivity contribution in [3.63, 3.8) is 0 Å². The minimum Gasteiger partial charge on any atom is -0.497 e. The summed E-state index contributed by atoms with van der Waals surface area (Å²) in [7, 11) is 1.61. The average Bonchev–Trinajstić information content (AvgIpc) is 2.72. The molecule has 2 aromatic rings. The number of nitrogens with one attached hydrogen (secondary N) is 2. The van der Waals surface area contributed by atoms with Crippen LogP contribution < -0.4 is 15.4 Å². The highest BCUT2D eigenvalue weighted by atomic mass is 16.5. The van der Waals surface area contributed by atoms with E-state index in [-0.39, 0.29) is 11.4 Å². The van der Waals surface area contributed by atoms with E-state index in [0.29, 0.717) is 11.6 Å². The van der Waals surface area contributed by atoms with Crippen molar-refractivity contribution in [1.82, 2.24) is 10.2 Å². The van der Waals surface area contributed by atoms with Gasteiger partial charge in [0.05, 0.1) is 7.11 Å². The number of carbonyl (C=O) groups is 1. The van der Waals surface area contributed by atoms with Crippen molar-refractivity contribution in [1.29, 1.82) is 0 Å². The summed E-state index contributed by atoms with van der Waals surface area (Å²) in [4.78, 5) is 15.0. The number of hydrogen-bond donors (Lipinski definition) is 2. The van der Waals surface area contributed by atoms with Gasteiger partial charge in [-0.05, 0) is 75.6 Å². The Bertz CT molecular complexity index is 804. The molecular weight excluding hydrogens is 362 g/mol. The fraction of sp³-hybridized carbons (Fsp3) is 0.458. The highest BCUT2D eigenvalue weighted by Crippen LogP contribution is 2.21. The molecule has 1 aliphatic rings. The van der Waals surface area contributed by atoms with Crippen LogP contribution in [0.5, 0.6) is 5.75 Å². The Hall–Kier alpha value is -2.37. The molecule has 156 valence electrons. The molecule has 5 heteroatoms. The minimum atomic E-state index is -0.118. The zero-order chi connectivity index (χ0) is 20.9. The number of amides is 1. The maximum atomic E-state index is 12.5. The van der Waals surface area contributed by atoms with Crippen molar-refractivity contribution in [2.75, 3.05) is 25.5 Å². The van der Waals surface area contributed by atoms with E-state index in [0.717, 1.165) is 31.1 Å². The maximum Gasteiger partial charge on any atom is 0.255 e. The van der Waals surface area contributed by atoms with Crippen LogP contribution in [0.25, 0.3) is 0 Å². The van der Waals surface area contributed by atoms with Gasteiger partial charge >= 0.3 is 0 Å². The van der Waals surface area contributed by atoms with Crippen molar-refractivity contribution < 1.29 is 9.53 Å². The zero-order valence-corrected chi connectivity index (χ0v) is 18.0. The van der Waals surface area contributed by atoms with Gasteiger partial charge < -0.3 is 15.4 Å². The van der Waals surface area contributed by atoms with Gasteiger partial charge in [-0.25, -0.2) is 0 Å². The third kappa shape index (κ3) is 6.05. The Morgan fingerprint density at radius 1 is 1.10 bits per heavy atom. The van der Waals surface area contributed by atoms with Gasteiger partial charge in [0.1, 0.15) is 5.75 Å². The largest absolute Gasteiger partial charge is 0.497 e. The van der Waals surface area contributed by atoms with E-state index in [1.54, 1.807) is 31.4 Å². The lowest BCUT2D eigenvalue weighted by molar-refractivity contribution is 0.0960. The lowest BCUT2D eigenvalue weighted by Gasteiger charge is -2.41. The Kier molecular flexibility index (Phi) is 6.93. The first kappa shape index (κ1) is 21.3. The molecule has 0 saturated carbocycles. The normalized spacial score (nSPS) is 15.9. The topological polar surface area (TPSA) is 53.6 Å². The summed E-state index contributed by atoms with van der Waals surface area (Å²) in [5.41, 5.74) is 2.85. The van der Waals surface area contributed by atoms with Gasteiger partial charge in [0.25, 0.3) is 5.91 Å². The van der Waals surface area contributed by atoms with Gasteiger partial charge in [-0.1, -0.05) is 12.1 Å².